The summed E-state index contributed by atoms with van der Waals surface area (Å²) in [5.41, 5.74) is -1.44. The standard InChI is InChI=1S/C11H13F3N4O2S/c1-7-9(16-2-8(17-7)11(12,13)14)21(19,20)18-5-10(6-18)3-15-4-10/h2,15H,3-6H2,1H3. The van der Waals surface area contributed by atoms with E-state index in [2.05, 4.69) is 15.3 Å². The molecule has 10 heteroatoms. The van der Waals surface area contributed by atoms with E-state index >= 15 is 0 Å². The zero-order valence-electron chi connectivity index (χ0n) is 11.1. The van der Waals surface area contributed by atoms with Crippen LogP contribution in [-0.4, -0.2) is 48.9 Å². The second-order valence-electron chi connectivity index (χ2n) is 5.52. The number of hydrogen-bond acceptors (Lipinski definition) is 5. The zero-order chi connectivity index (χ0) is 15.5. The van der Waals surface area contributed by atoms with Crippen LogP contribution in [-0.2, 0) is 16.2 Å². The Morgan fingerprint density at radius 3 is 2.38 bits per heavy atom. The van der Waals surface area contributed by atoms with Crippen LogP contribution in [0.4, 0.5) is 13.2 Å². The molecule has 116 valence electrons. The molecule has 2 aliphatic heterocycles. The highest BCUT2D eigenvalue weighted by Gasteiger charge is 2.52. The smallest absolute Gasteiger partial charge is 0.315 e. The molecular weight excluding hydrogens is 309 g/mol. The zero-order valence-corrected chi connectivity index (χ0v) is 11.9. The second-order valence-corrected chi connectivity index (χ2v) is 7.37. The van der Waals surface area contributed by atoms with Gasteiger partial charge in [-0.3, -0.25) is 0 Å². The summed E-state index contributed by atoms with van der Waals surface area (Å²) in [6.07, 6.45) is -4.18. The fourth-order valence-electron chi connectivity index (χ4n) is 2.56. The van der Waals surface area contributed by atoms with Gasteiger partial charge in [0.05, 0.1) is 11.9 Å². The highest BCUT2D eigenvalue weighted by atomic mass is 32.2. The Bertz CT molecular complexity index is 677. The first-order valence-corrected chi connectivity index (χ1v) is 7.70. The molecule has 21 heavy (non-hydrogen) atoms. The highest BCUT2D eigenvalue weighted by molar-refractivity contribution is 7.89. The van der Waals surface area contributed by atoms with Crippen molar-refractivity contribution in [3.63, 3.8) is 0 Å². The number of nitrogens with zero attached hydrogens (tertiary/aromatic N) is 3. The van der Waals surface area contributed by atoms with Gasteiger partial charge in [-0.1, -0.05) is 0 Å². The molecule has 1 aromatic heterocycles. The molecule has 2 fully saturated rings. The lowest BCUT2D eigenvalue weighted by atomic mass is 9.76. The van der Waals surface area contributed by atoms with E-state index in [1.54, 1.807) is 0 Å². The first kappa shape index (κ1) is 14.7. The van der Waals surface area contributed by atoms with Gasteiger partial charge in [0.25, 0.3) is 10.0 Å². The summed E-state index contributed by atoms with van der Waals surface area (Å²) in [4.78, 5) is 6.80. The fraction of sp³-hybridized carbons (Fsp3) is 0.636. The van der Waals surface area contributed by atoms with Crippen molar-refractivity contribution in [1.29, 1.82) is 0 Å². The third kappa shape index (κ3) is 2.30. The number of rotatable bonds is 2. The number of nitrogens with one attached hydrogen (secondary N) is 1. The molecule has 0 aromatic carbocycles. The van der Waals surface area contributed by atoms with E-state index in [4.69, 9.17) is 0 Å². The Hall–Kier alpha value is -1.26. The lowest BCUT2D eigenvalue weighted by molar-refractivity contribution is -0.141. The Labute approximate surface area is 119 Å². The van der Waals surface area contributed by atoms with Crippen molar-refractivity contribution in [3.8, 4) is 0 Å². The molecule has 3 heterocycles. The number of halogens is 3. The van der Waals surface area contributed by atoms with Gasteiger partial charge in [-0.2, -0.15) is 17.5 Å². The molecule has 2 aliphatic rings. The van der Waals surface area contributed by atoms with E-state index in [9.17, 15) is 21.6 Å². The van der Waals surface area contributed by atoms with Crippen LogP contribution < -0.4 is 5.32 Å². The van der Waals surface area contributed by atoms with Crippen molar-refractivity contribution in [2.24, 2.45) is 5.41 Å². The molecule has 0 saturated carbocycles. The molecule has 0 unspecified atom stereocenters. The van der Waals surface area contributed by atoms with Gasteiger partial charge in [0.1, 0.15) is 0 Å². The third-order valence-electron chi connectivity index (χ3n) is 3.80. The molecule has 0 bridgehead atoms. The molecule has 0 radical (unpaired) electrons. The van der Waals surface area contributed by atoms with Crippen molar-refractivity contribution in [2.75, 3.05) is 26.2 Å². The third-order valence-corrected chi connectivity index (χ3v) is 5.63. The maximum atomic E-state index is 12.5. The molecule has 2 saturated heterocycles. The topological polar surface area (TPSA) is 75.2 Å². The minimum Gasteiger partial charge on any atom is -0.315 e. The van der Waals surface area contributed by atoms with Crippen LogP contribution in [0.3, 0.4) is 0 Å². The number of sulfonamides is 1. The van der Waals surface area contributed by atoms with Gasteiger partial charge in [-0.05, 0) is 6.92 Å². The Kier molecular flexibility index (Phi) is 3.05. The Balaban J connectivity index is 1.86. The molecule has 0 aliphatic carbocycles. The number of hydrogen-bond donors (Lipinski definition) is 1. The predicted octanol–water partition coefficient (Wildman–Crippen LogP) is 0.398. The lowest BCUT2D eigenvalue weighted by Gasteiger charge is -2.54. The average Bonchev–Trinajstić information content (AvgIpc) is 2.22. The Morgan fingerprint density at radius 1 is 1.33 bits per heavy atom. The number of alkyl halides is 3. The molecule has 6 nitrogen and oxygen atoms in total. The Morgan fingerprint density at radius 2 is 1.95 bits per heavy atom. The van der Waals surface area contributed by atoms with Gasteiger partial charge in [-0.15, -0.1) is 0 Å². The van der Waals surface area contributed by atoms with E-state index in [0.717, 1.165) is 13.1 Å². The minimum atomic E-state index is -4.64. The van der Waals surface area contributed by atoms with Gasteiger partial charge in [0.2, 0.25) is 0 Å². The molecule has 1 N–H and O–H groups in total. The summed E-state index contributed by atoms with van der Waals surface area (Å²) in [5.74, 6) is 0. The maximum absolute atomic E-state index is 12.5. The van der Waals surface area contributed by atoms with Gasteiger partial charge in [0, 0.05) is 31.6 Å². The summed E-state index contributed by atoms with van der Waals surface area (Å²) in [6, 6.07) is 0. The molecule has 3 rings (SSSR count). The van der Waals surface area contributed by atoms with Crippen LogP contribution in [0.15, 0.2) is 11.2 Å². The van der Waals surface area contributed by atoms with Crippen LogP contribution in [0.5, 0.6) is 0 Å². The molecule has 0 amide bonds. The van der Waals surface area contributed by atoms with Crippen LogP contribution in [0.25, 0.3) is 0 Å². The summed E-state index contributed by atoms with van der Waals surface area (Å²) in [7, 11) is -3.88. The largest absolute Gasteiger partial charge is 0.434 e. The SMILES string of the molecule is Cc1nc(C(F)(F)F)cnc1S(=O)(=O)N1CC2(CNC2)C1. The van der Waals surface area contributed by atoms with Gasteiger partial charge < -0.3 is 5.32 Å². The summed E-state index contributed by atoms with van der Waals surface area (Å²) in [5, 5.41) is 2.67. The monoisotopic (exact) mass is 322 g/mol. The summed E-state index contributed by atoms with van der Waals surface area (Å²) < 4.78 is 63.5. The first-order valence-electron chi connectivity index (χ1n) is 6.26. The normalized spacial score (nSPS) is 21.9. The van der Waals surface area contributed by atoms with Gasteiger partial charge in [-0.25, -0.2) is 18.4 Å². The van der Waals surface area contributed by atoms with Gasteiger partial charge >= 0.3 is 6.18 Å². The second kappa shape index (κ2) is 4.37. The summed E-state index contributed by atoms with van der Waals surface area (Å²) >= 11 is 0. The van der Waals surface area contributed by atoms with Crippen molar-refractivity contribution in [3.05, 3.63) is 17.6 Å². The van der Waals surface area contributed by atoms with Crippen molar-refractivity contribution >= 4 is 10.0 Å². The van der Waals surface area contributed by atoms with Crippen molar-refractivity contribution < 1.29 is 21.6 Å². The fourth-order valence-corrected chi connectivity index (χ4v) is 4.29. The van der Waals surface area contributed by atoms with Crippen LogP contribution >= 0.6 is 0 Å². The van der Waals surface area contributed by atoms with Crippen LogP contribution in [0.2, 0.25) is 0 Å². The van der Waals surface area contributed by atoms with E-state index in [-0.39, 0.29) is 11.1 Å². The quantitative estimate of drug-likeness (QED) is 0.853. The maximum Gasteiger partial charge on any atom is 0.434 e. The minimum absolute atomic E-state index is 0.0136. The molecule has 1 spiro atoms. The average molecular weight is 322 g/mol. The first-order chi connectivity index (χ1) is 9.64. The van der Waals surface area contributed by atoms with Crippen LogP contribution in [0, 0.1) is 12.3 Å². The van der Waals surface area contributed by atoms with Crippen molar-refractivity contribution in [2.45, 2.75) is 18.1 Å². The van der Waals surface area contributed by atoms with Crippen LogP contribution in [0.1, 0.15) is 11.4 Å². The predicted molar refractivity (Wildman–Crippen MR) is 65.8 cm³/mol. The molecule has 1 aromatic rings. The summed E-state index contributed by atoms with van der Waals surface area (Å²) in [6.45, 7) is 3.47. The highest BCUT2D eigenvalue weighted by Crippen LogP contribution is 2.38. The molecule has 0 atom stereocenters. The van der Waals surface area contributed by atoms with E-state index in [1.165, 1.54) is 11.2 Å². The van der Waals surface area contributed by atoms with Gasteiger partial charge in [0.15, 0.2) is 10.7 Å². The number of aromatic nitrogens is 2. The van der Waals surface area contributed by atoms with E-state index in [0.29, 0.717) is 19.3 Å². The van der Waals surface area contributed by atoms with E-state index < -0.39 is 26.9 Å². The number of aryl methyl sites for hydroxylation is 1. The lowest BCUT2D eigenvalue weighted by Crippen LogP contribution is -2.71. The van der Waals surface area contributed by atoms with Crippen molar-refractivity contribution in [1.82, 2.24) is 19.6 Å². The van der Waals surface area contributed by atoms with E-state index in [1.807, 2.05) is 0 Å². The molecular formula is C11H13F3N4O2S.